The minimum Gasteiger partial charge on any atom is -0.493 e. The maximum Gasteiger partial charge on any atom is 0.337 e. The molecule has 1 aromatic heterocycles. The van der Waals surface area contributed by atoms with Gasteiger partial charge in [-0.2, -0.15) is 0 Å². The van der Waals surface area contributed by atoms with E-state index in [0.29, 0.717) is 45.1 Å². The van der Waals surface area contributed by atoms with Crippen molar-refractivity contribution >= 4 is 27.6 Å². The lowest BCUT2D eigenvalue weighted by Gasteiger charge is -2.29. The van der Waals surface area contributed by atoms with E-state index >= 15 is 4.39 Å². The van der Waals surface area contributed by atoms with Crippen LogP contribution in [0, 0.1) is 19.7 Å². The van der Waals surface area contributed by atoms with Gasteiger partial charge in [-0.15, -0.1) is 0 Å². The second-order valence-corrected chi connectivity index (χ2v) is 10.1. The Balaban J connectivity index is 1.94. The number of carboxylic acid groups (broad SMARTS) is 1. The van der Waals surface area contributed by atoms with Gasteiger partial charge >= 0.3 is 5.97 Å². The zero-order chi connectivity index (χ0) is 25.1. The second-order valence-electron chi connectivity index (χ2n) is 10.1. The van der Waals surface area contributed by atoms with Crippen molar-refractivity contribution in [2.75, 3.05) is 6.61 Å². The lowest BCUT2D eigenvalue weighted by atomic mass is 9.85. The topological polar surface area (TPSA) is 68.7 Å². The highest BCUT2D eigenvalue weighted by Gasteiger charge is 2.33. The van der Waals surface area contributed by atoms with Crippen LogP contribution in [0.3, 0.4) is 0 Å². The molecule has 0 radical (unpaired) electrons. The van der Waals surface area contributed by atoms with E-state index in [-0.39, 0.29) is 5.82 Å². The molecule has 6 heteroatoms. The lowest BCUT2D eigenvalue weighted by molar-refractivity contribution is -0.160. The molecule has 4 aromatic rings. The van der Waals surface area contributed by atoms with Crippen molar-refractivity contribution in [1.82, 2.24) is 4.98 Å². The minimum atomic E-state index is -1.25. The molecule has 0 fully saturated rings. The highest BCUT2D eigenvalue weighted by atomic mass is 19.1. The lowest BCUT2D eigenvalue weighted by Crippen LogP contribution is -2.28. The van der Waals surface area contributed by atoms with Gasteiger partial charge in [0.05, 0.1) is 17.7 Å². The first-order valence-electron chi connectivity index (χ1n) is 11.7. The Morgan fingerprint density at radius 1 is 1.11 bits per heavy atom. The number of nitrogens with zero attached hydrogens (tertiary/aromatic N) is 1. The van der Waals surface area contributed by atoms with E-state index < -0.39 is 17.7 Å². The third kappa shape index (κ3) is 3.92. The van der Waals surface area contributed by atoms with E-state index in [4.69, 9.17) is 14.5 Å². The van der Waals surface area contributed by atoms with Crippen LogP contribution in [-0.2, 0) is 16.0 Å². The zero-order valence-electron chi connectivity index (χ0n) is 20.5. The molecular weight excluding hydrogens is 445 g/mol. The smallest absolute Gasteiger partial charge is 0.337 e. The Kier molecular flexibility index (Phi) is 5.52. The molecule has 1 N–H and O–H groups in total. The van der Waals surface area contributed by atoms with Gasteiger partial charge in [-0.1, -0.05) is 12.1 Å². The highest BCUT2D eigenvalue weighted by molar-refractivity contribution is 6.09. The van der Waals surface area contributed by atoms with Crippen LogP contribution in [0.4, 0.5) is 4.39 Å². The first kappa shape index (κ1) is 23.2. The van der Waals surface area contributed by atoms with Crippen LogP contribution in [0.15, 0.2) is 42.6 Å². The number of aromatic nitrogens is 1. The maximum atomic E-state index is 15.4. The van der Waals surface area contributed by atoms with E-state index in [1.807, 2.05) is 52.0 Å². The molecule has 5 rings (SSSR count). The predicted octanol–water partition coefficient (Wildman–Crippen LogP) is 6.69. The summed E-state index contributed by atoms with van der Waals surface area (Å²) >= 11 is 0. The Labute approximate surface area is 203 Å². The third-order valence-corrected chi connectivity index (χ3v) is 6.49. The molecule has 5 nitrogen and oxygen atoms in total. The number of carbonyl (C=O) groups is 1. The van der Waals surface area contributed by atoms with Crippen LogP contribution in [0.2, 0.25) is 0 Å². The van der Waals surface area contributed by atoms with Crippen molar-refractivity contribution in [2.45, 2.75) is 52.7 Å². The van der Waals surface area contributed by atoms with Gasteiger partial charge in [-0.3, -0.25) is 4.98 Å². The van der Waals surface area contributed by atoms with Crippen molar-refractivity contribution in [2.24, 2.45) is 0 Å². The number of hydrogen-bond acceptors (Lipinski definition) is 4. The SMILES string of the molecule is Cc1cc2c(F)c(C)ccc2c(-c2ccc3c4c(ccnc24)CCO3)c1[C@H](OC(C)(C)C)C(=O)O. The number of ether oxygens (including phenoxy) is 2. The van der Waals surface area contributed by atoms with Crippen LogP contribution in [0.1, 0.15) is 49.1 Å². The fourth-order valence-corrected chi connectivity index (χ4v) is 5.02. The fourth-order valence-electron chi connectivity index (χ4n) is 5.02. The van der Waals surface area contributed by atoms with Gasteiger partial charge in [0, 0.05) is 34.5 Å². The van der Waals surface area contributed by atoms with Crippen molar-refractivity contribution in [1.29, 1.82) is 0 Å². The summed E-state index contributed by atoms with van der Waals surface area (Å²) in [5.41, 5.74) is 4.14. The maximum absolute atomic E-state index is 15.4. The van der Waals surface area contributed by atoms with Gasteiger partial charge in [0.15, 0.2) is 6.10 Å². The number of carboxylic acids is 1. The molecule has 180 valence electrons. The monoisotopic (exact) mass is 473 g/mol. The summed E-state index contributed by atoms with van der Waals surface area (Å²) in [7, 11) is 0. The Morgan fingerprint density at radius 3 is 2.60 bits per heavy atom. The zero-order valence-corrected chi connectivity index (χ0v) is 20.5. The van der Waals surface area contributed by atoms with Gasteiger partial charge in [-0.25, -0.2) is 9.18 Å². The molecule has 0 spiro atoms. The molecule has 35 heavy (non-hydrogen) atoms. The van der Waals surface area contributed by atoms with E-state index in [1.165, 1.54) is 0 Å². The highest BCUT2D eigenvalue weighted by Crippen LogP contribution is 2.45. The summed E-state index contributed by atoms with van der Waals surface area (Å²) < 4.78 is 27.3. The molecule has 1 aliphatic rings. The molecule has 0 saturated heterocycles. The Hall–Kier alpha value is -3.51. The molecule has 0 unspecified atom stereocenters. The molecule has 1 atom stereocenters. The quantitative estimate of drug-likeness (QED) is 0.358. The van der Waals surface area contributed by atoms with Crippen molar-refractivity contribution in [3.63, 3.8) is 0 Å². The Bertz CT molecular complexity index is 1490. The standard InChI is InChI=1S/C29H28FNO4/c1-15-6-7-18-20(25(15)30)14-16(2)22(27(28(32)33)35-29(3,4)5)24(18)19-8-9-21-23-17(11-13-34-21)10-12-31-26(19)23/h6-10,12,14,27H,11,13H2,1-5H3,(H,32,33)/t27-/m0/s1. The molecule has 3 aromatic carbocycles. The molecule has 2 heterocycles. The van der Waals surface area contributed by atoms with Gasteiger partial charge in [-0.05, 0) is 86.5 Å². The summed E-state index contributed by atoms with van der Waals surface area (Å²) in [5, 5.41) is 12.2. The fraction of sp³-hybridized carbons (Fsp3) is 0.310. The predicted molar refractivity (Wildman–Crippen MR) is 135 cm³/mol. The number of rotatable bonds is 4. The van der Waals surface area contributed by atoms with Gasteiger partial charge < -0.3 is 14.6 Å². The van der Waals surface area contributed by atoms with Crippen LogP contribution < -0.4 is 4.74 Å². The summed E-state index contributed by atoms with van der Waals surface area (Å²) in [6, 6.07) is 11.1. The van der Waals surface area contributed by atoms with Crippen molar-refractivity contribution in [3.05, 3.63) is 70.7 Å². The normalized spacial score (nSPS) is 14.2. The summed E-state index contributed by atoms with van der Waals surface area (Å²) in [5.74, 6) is -0.671. The molecule has 0 aliphatic carbocycles. The van der Waals surface area contributed by atoms with E-state index in [9.17, 15) is 9.90 Å². The summed E-state index contributed by atoms with van der Waals surface area (Å²) in [6.07, 6.45) is 1.27. The number of halogens is 1. The molecular formula is C29H28FNO4. The number of benzene rings is 3. The van der Waals surface area contributed by atoms with Gasteiger partial charge in [0.2, 0.25) is 0 Å². The largest absolute Gasteiger partial charge is 0.493 e. The van der Waals surface area contributed by atoms with Crippen LogP contribution >= 0.6 is 0 Å². The molecule has 0 amide bonds. The number of hydrogen-bond donors (Lipinski definition) is 1. The second kappa shape index (κ2) is 8.31. The third-order valence-electron chi connectivity index (χ3n) is 6.49. The van der Waals surface area contributed by atoms with Crippen LogP contribution in [0.25, 0.3) is 32.8 Å². The summed E-state index contributed by atoms with van der Waals surface area (Å²) in [4.78, 5) is 17.3. The van der Waals surface area contributed by atoms with Crippen molar-refractivity contribution in [3.8, 4) is 16.9 Å². The Morgan fingerprint density at radius 2 is 1.89 bits per heavy atom. The number of aryl methyl sites for hydroxylation is 2. The number of pyridine rings is 1. The first-order chi connectivity index (χ1) is 16.6. The summed E-state index contributed by atoms with van der Waals surface area (Å²) in [6.45, 7) is 9.59. The minimum absolute atomic E-state index is 0.318. The van der Waals surface area contributed by atoms with E-state index in [2.05, 4.69) is 0 Å². The van der Waals surface area contributed by atoms with Crippen LogP contribution in [0.5, 0.6) is 5.75 Å². The number of fused-ring (bicyclic) bond motifs is 1. The average Bonchev–Trinajstić information content (AvgIpc) is 2.80. The van der Waals surface area contributed by atoms with Gasteiger partial charge in [0.1, 0.15) is 11.6 Å². The van der Waals surface area contributed by atoms with Crippen molar-refractivity contribution < 1.29 is 23.8 Å². The molecule has 0 bridgehead atoms. The van der Waals surface area contributed by atoms with E-state index in [1.54, 1.807) is 25.3 Å². The molecule has 0 saturated carbocycles. The van der Waals surface area contributed by atoms with Gasteiger partial charge in [0.25, 0.3) is 0 Å². The first-order valence-corrected chi connectivity index (χ1v) is 11.7. The number of aliphatic carboxylic acids is 1. The van der Waals surface area contributed by atoms with Crippen LogP contribution in [-0.4, -0.2) is 28.3 Å². The average molecular weight is 474 g/mol. The molecule has 1 aliphatic heterocycles. The van der Waals surface area contributed by atoms with E-state index in [0.717, 1.165) is 28.7 Å².